The van der Waals surface area contributed by atoms with Crippen LogP contribution in [0.25, 0.3) is 0 Å². The molecule has 2 aliphatic heterocycles. The average molecular weight is 595 g/mol. The first kappa shape index (κ1) is 33.8. The molecule has 0 aromatic rings. The van der Waals surface area contributed by atoms with Crippen molar-refractivity contribution < 1.29 is 81.6 Å². The SMILES string of the molecule is CC(=O)OC[C@H]1O[C@@H](O[C@H]2[C@H](OC(C)=O)[C@@H](OC(C)=O)C(OC(C)=O)O[C@@H]2COC(C)=O)[C@@H](O)[C@@H](O)[C@@H]1OC(C)=O. The minimum absolute atomic E-state index is 0.535. The fourth-order valence-corrected chi connectivity index (χ4v) is 4.12. The molecule has 10 atom stereocenters. The molecule has 1 unspecified atom stereocenters. The predicted molar refractivity (Wildman–Crippen MR) is 126 cm³/mol. The Hall–Kier alpha value is -3.38. The average Bonchev–Trinajstić information content (AvgIpc) is 2.83. The molecule has 0 saturated carbocycles. The van der Waals surface area contributed by atoms with E-state index in [4.69, 9.17) is 42.6 Å². The molecule has 0 spiro atoms. The Morgan fingerprint density at radius 2 is 0.927 bits per heavy atom. The Labute approximate surface area is 234 Å². The van der Waals surface area contributed by atoms with Crippen molar-refractivity contribution >= 4 is 35.8 Å². The van der Waals surface area contributed by atoms with E-state index >= 15 is 0 Å². The van der Waals surface area contributed by atoms with Gasteiger partial charge in [0.05, 0.1) is 0 Å². The normalized spacial score (nSPS) is 33.1. The van der Waals surface area contributed by atoms with E-state index in [0.29, 0.717) is 0 Å². The van der Waals surface area contributed by atoms with Crippen LogP contribution >= 0.6 is 0 Å². The maximum absolute atomic E-state index is 12.1. The van der Waals surface area contributed by atoms with Gasteiger partial charge in [0.1, 0.15) is 43.7 Å². The molecule has 232 valence electrons. The van der Waals surface area contributed by atoms with Gasteiger partial charge in [-0.2, -0.15) is 0 Å². The standard InChI is InChI=1S/C24H34O17/c1-9(25)33-7-15-19(35-11(3)27)17(31)18(32)23(39-15)41-20-16(8-34-10(2)26)40-24(38-14(6)30)22(37-13(5)29)21(20)36-12(4)28/h15-24,31-32H,7-8H2,1-6H3/t15-,16-,17-,18+,19-,20-,21+,22-,23+,24?/m1/s1. The predicted octanol–water partition coefficient (Wildman–Crippen LogP) is -1.97. The highest BCUT2D eigenvalue weighted by Gasteiger charge is 2.56. The van der Waals surface area contributed by atoms with Crippen molar-refractivity contribution in [1.29, 1.82) is 0 Å². The number of rotatable bonds is 10. The van der Waals surface area contributed by atoms with E-state index in [0.717, 1.165) is 41.5 Å². The largest absolute Gasteiger partial charge is 0.463 e. The number of ether oxygens (including phenoxy) is 9. The monoisotopic (exact) mass is 594 g/mol. The molecule has 0 aliphatic carbocycles. The van der Waals surface area contributed by atoms with Crippen LogP contribution in [0.5, 0.6) is 0 Å². The summed E-state index contributed by atoms with van der Waals surface area (Å²) in [7, 11) is 0. The lowest BCUT2D eigenvalue weighted by atomic mass is 9.96. The van der Waals surface area contributed by atoms with E-state index in [-0.39, 0.29) is 0 Å². The molecular weight excluding hydrogens is 560 g/mol. The zero-order valence-corrected chi connectivity index (χ0v) is 23.2. The molecule has 2 rings (SSSR count). The third-order valence-electron chi connectivity index (χ3n) is 5.61. The number of carbonyl (C=O) groups is 6. The molecule has 17 heteroatoms. The van der Waals surface area contributed by atoms with E-state index in [2.05, 4.69) is 0 Å². The van der Waals surface area contributed by atoms with E-state index in [9.17, 15) is 39.0 Å². The van der Waals surface area contributed by atoms with E-state index < -0.39 is 110 Å². The summed E-state index contributed by atoms with van der Waals surface area (Å²) < 4.78 is 48.0. The number of hydrogen-bond acceptors (Lipinski definition) is 17. The lowest BCUT2D eigenvalue weighted by Gasteiger charge is -2.47. The Morgan fingerprint density at radius 3 is 1.39 bits per heavy atom. The molecule has 41 heavy (non-hydrogen) atoms. The van der Waals surface area contributed by atoms with Crippen LogP contribution in [-0.4, -0.2) is 121 Å². The van der Waals surface area contributed by atoms with Crippen molar-refractivity contribution in [3.05, 3.63) is 0 Å². The summed E-state index contributed by atoms with van der Waals surface area (Å²) in [5, 5.41) is 21.6. The fraction of sp³-hybridized carbons (Fsp3) is 0.750. The summed E-state index contributed by atoms with van der Waals surface area (Å²) in [6.07, 6.45) is -16.2. The van der Waals surface area contributed by atoms with Crippen molar-refractivity contribution in [2.24, 2.45) is 0 Å². The molecule has 2 fully saturated rings. The summed E-state index contributed by atoms with van der Waals surface area (Å²) >= 11 is 0. The van der Waals surface area contributed by atoms with Crippen LogP contribution in [0.3, 0.4) is 0 Å². The molecule has 0 aromatic carbocycles. The second-order valence-electron chi connectivity index (χ2n) is 9.10. The maximum atomic E-state index is 12.1. The highest BCUT2D eigenvalue weighted by Crippen LogP contribution is 2.33. The van der Waals surface area contributed by atoms with Gasteiger partial charge in [0.25, 0.3) is 0 Å². The van der Waals surface area contributed by atoms with Gasteiger partial charge in [-0.3, -0.25) is 28.8 Å². The summed E-state index contributed by atoms with van der Waals surface area (Å²) in [4.78, 5) is 70.3. The van der Waals surface area contributed by atoms with Gasteiger partial charge in [0.2, 0.25) is 12.4 Å². The topological polar surface area (TPSA) is 226 Å². The van der Waals surface area contributed by atoms with Gasteiger partial charge in [0, 0.05) is 41.5 Å². The number of esters is 6. The maximum Gasteiger partial charge on any atom is 0.305 e. The van der Waals surface area contributed by atoms with Gasteiger partial charge >= 0.3 is 35.8 Å². The van der Waals surface area contributed by atoms with Gasteiger partial charge in [-0.05, 0) is 0 Å². The number of carbonyl (C=O) groups excluding carboxylic acids is 6. The van der Waals surface area contributed by atoms with E-state index in [1.165, 1.54) is 0 Å². The molecule has 0 amide bonds. The van der Waals surface area contributed by atoms with Crippen molar-refractivity contribution in [2.45, 2.75) is 103 Å². The van der Waals surface area contributed by atoms with Crippen LogP contribution in [0.15, 0.2) is 0 Å². The van der Waals surface area contributed by atoms with Crippen LogP contribution < -0.4 is 0 Å². The molecule has 0 bridgehead atoms. The Bertz CT molecular complexity index is 981. The minimum atomic E-state index is -1.92. The van der Waals surface area contributed by atoms with Crippen molar-refractivity contribution in [3.8, 4) is 0 Å². The van der Waals surface area contributed by atoms with Crippen molar-refractivity contribution in [2.75, 3.05) is 13.2 Å². The van der Waals surface area contributed by atoms with Gasteiger partial charge in [0.15, 0.2) is 18.5 Å². The van der Waals surface area contributed by atoms with Gasteiger partial charge < -0.3 is 52.8 Å². The number of aliphatic hydroxyl groups excluding tert-OH is 2. The summed E-state index contributed by atoms with van der Waals surface area (Å²) in [5.74, 6) is -4.97. The van der Waals surface area contributed by atoms with Crippen LogP contribution in [0.4, 0.5) is 0 Å². The lowest BCUT2D eigenvalue weighted by Crippen LogP contribution is -2.66. The number of hydrogen-bond donors (Lipinski definition) is 2. The molecule has 2 N–H and O–H groups in total. The molecule has 2 saturated heterocycles. The molecule has 17 nitrogen and oxygen atoms in total. The quantitative estimate of drug-likeness (QED) is 0.206. The smallest absolute Gasteiger partial charge is 0.305 e. The Balaban J connectivity index is 2.50. The summed E-state index contributed by atoms with van der Waals surface area (Å²) in [6.45, 7) is 5.21. The van der Waals surface area contributed by atoms with Gasteiger partial charge in [-0.25, -0.2) is 0 Å². The third-order valence-corrected chi connectivity index (χ3v) is 5.61. The molecular formula is C24H34O17. The Kier molecular flexibility index (Phi) is 12.4. The van der Waals surface area contributed by atoms with Crippen molar-refractivity contribution in [1.82, 2.24) is 0 Å². The van der Waals surface area contributed by atoms with Gasteiger partial charge in [-0.1, -0.05) is 0 Å². The van der Waals surface area contributed by atoms with E-state index in [1.807, 2.05) is 0 Å². The third kappa shape index (κ3) is 9.89. The summed E-state index contributed by atoms with van der Waals surface area (Å²) in [5.41, 5.74) is 0. The second kappa shape index (κ2) is 15.0. The van der Waals surface area contributed by atoms with Crippen LogP contribution in [0.2, 0.25) is 0 Å². The van der Waals surface area contributed by atoms with E-state index in [1.54, 1.807) is 0 Å². The molecule has 0 aromatic heterocycles. The van der Waals surface area contributed by atoms with Crippen LogP contribution in [0.1, 0.15) is 41.5 Å². The zero-order valence-electron chi connectivity index (χ0n) is 23.2. The molecule has 0 radical (unpaired) electrons. The van der Waals surface area contributed by atoms with Crippen LogP contribution in [-0.2, 0) is 71.4 Å². The highest BCUT2D eigenvalue weighted by atomic mass is 16.8. The van der Waals surface area contributed by atoms with Crippen LogP contribution in [0, 0.1) is 0 Å². The first-order chi connectivity index (χ1) is 19.1. The minimum Gasteiger partial charge on any atom is -0.463 e. The van der Waals surface area contributed by atoms with Crippen molar-refractivity contribution in [3.63, 3.8) is 0 Å². The molecule has 2 heterocycles. The fourth-order valence-electron chi connectivity index (χ4n) is 4.12. The Morgan fingerprint density at radius 1 is 0.512 bits per heavy atom. The highest BCUT2D eigenvalue weighted by molar-refractivity contribution is 5.69. The number of aliphatic hydroxyl groups is 2. The lowest BCUT2D eigenvalue weighted by molar-refractivity contribution is -0.357. The van der Waals surface area contributed by atoms with Gasteiger partial charge in [-0.15, -0.1) is 0 Å². The first-order valence-electron chi connectivity index (χ1n) is 12.4. The molecule has 2 aliphatic rings. The summed E-state index contributed by atoms with van der Waals surface area (Å²) in [6, 6.07) is 0. The first-order valence-corrected chi connectivity index (χ1v) is 12.4. The second-order valence-corrected chi connectivity index (χ2v) is 9.10. The zero-order chi connectivity index (χ0) is 31.0.